The van der Waals surface area contributed by atoms with Crippen LogP contribution in [0.5, 0.6) is 0 Å². The van der Waals surface area contributed by atoms with Crippen LogP contribution >= 0.6 is 0 Å². The Balaban J connectivity index is 1.87. The number of carbonyl (C=O) groups excluding carboxylic acids is 1. The molecule has 4 heteroatoms. The maximum absolute atomic E-state index is 13.6. The Hall–Kier alpha value is -1.29. The summed E-state index contributed by atoms with van der Waals surface area (Å²) in [7, 11) is 2.01. The van der Waals surface area contributed by atoms with Crippen molar-refractivity contribution in [3.63, 3.8) is 0 Å². The van der Waals surface area contributed by atoms with E-state index in [1.165, 1.54) is 25.0 Å². The van der Waals surface area contributed by atoms with Gasteiger partial charge in [0, 0.05) is 19.0 Å². The van der Waals surface area contributed by atoms with Gasteiger partial charge in [-0.2, -0.15) is 0 Å². The minimum absolute atomic E-state index is 0.138. The highest BCUT2D eigenvalue weighted by atomic mass is 19.2. The third kappa shape index (κ3) is 4.10. The van der Waals surface area contributed by atoms with Gasteiger partial charge in [0.2, 0.25) is 0 Å². The van der Waals surface area contributed by atoms with E-state index in [0.29, 0.717) is 12.6 Å². The Morgan fingerprint density at radius 3 is 2.57 bits per heavy atom. The van der Waals surface area contributed by atoms with Crippen molar-refractivity contribution in [2.24, 2.45) is 5.92 Å². The van der Waals surface area contributed by atoms with Crippen molar-refractivity contribution in [1.29, 1.82) is 0 Å². The molecule has 0 saturated heterocycles. The zero-order valence-corrected chi connectivity index (χ0v) is 12.7. The molecule has 0 radical (unpaired) electrons. The van der Waals surface area contributed by atoms with E-state index in [-0.39, 0.29) is 17.8 Å². The second-order valence-electron chi connectivity index (χ2n) is 6.17. The maximum atomic E-state index is 13.6. The first-order valence-electron chi connectivity index (χ1n) is 7.66. The maximum Gasteiger partial charge on any atom is 0.169 e. The number of halogens is 2. The predicted molar refractivity (Wildman–Crippen MR) is 79.4 cm³/mol. The lowest BCUT2D eigenvalue weighted by Crippen LogP contribution is -2.36. The molecule has 116 valence electrons. The molecule has 1 saturated carbocycles. The van der Waals surface area contributed by atoms with Crippen LogP contribution in [0.25, 0.3) is 0 Å². The van der Waals surface area contributed by atoms with E-state index in [9.17, 15) is 13.6 Å². The average molecular weight is 295 g/mol. The number of hydrogen-bond donors (Lipinski definition) is 0. The molecule has 0 unspecified atom stereocenters. The molecule has 1 aliphatic carbocycles. The summed E-state index contributed by atoms with van der Waals surface area (Å²) in [4.78, 5) is 14.2. The number of nitrogens with zero attached hydrogens (tertiary/aromatic N) is 1. The summed E-state index contributed by atoms with van der Waals surface area (Å²) in [5, 5.41) is 0. The summed E-state index contributed by atoms with van der Waals surface area (Å²) in [6.07, 6.45) is 4.98. The highest BCUT2D eigenvalue weighted by Gasteiger charge is 2.22. The zero-order valence-electron chi connectivity index (χ0n) is 12.7. The van der Waals surface area contributed by atoms with Gasteiger partial charge in [-0.3, -0.25) is 4.79 Å². The number of carbonyl (C=O) groups is 1. The largest absolute Gasteiger partial charge is 0.303 e. The topological polar surface area (TPSA) is 20.3 Å². The van der Waals surface area contributed by atoms with Gasteiger partial charge in [-0.1, -0.05) is 13.0 Å². The molecule has 2 rings (SSSR count). The average Bonchev–Trinajstić information content (AvgIpc) is 2.48. The number of ketones is 1. The molecular weight excluding hydrogens is 272 g/mol. The smallest absolute Gasteiger partial charge is 0.169 e. The first-order chi connectivity index (χ1) is 9.99. The monoisotopic (exact) mass is 295 g/mol. The first kappa shape index (κ1) is 16.1. The molecule has 0 aromatic heterocycles. The van der Waals surface area contributed by atoms with Crippen LogP contribution in [-0.4, -0.2) is 30.3 Å². The van der Waals surface area contributed by atoms with Gasteiger partial charge in [0.15, 0.2) is 17.4 Å². The molecule has 21 heavy (non-hydrogen) atoms. The van der Waals surface area contributed by atoms with Gasteiger partial charge < -0.3 is 4.90 Å². The normalized spacial score (nSPS) is 22.5. The molecule has 0 N–H and O–H groups in total. The van der Waals surface area contributed by atoms with E-state index in [2.05, 4.69) is 11.8 Å². The molecule has 0 heterocycles. The fourth-order valence-electron chi connectivity index (χ4n) is 3.00. The summed E-state index contributed by atoms with van der Waals surface area (Å²) >= 11 is 0. The van der Waals surface area contributed by atoms with Crippen molar-refractivity contribution in [2.75, 3.05) is 13.6 Å². The van der Waals surface area contributed by atoms with E-state index in [1.807, 2.05) is 7.05 Å². The Kier molecular flexibility index (Phi) is 5.45. The van der Waals surface area contributed by atoms with Crippen LogP contribution in [0.4, 0.5) is 8.78 Å². The van der Waals surface area contributed by atoms with Crippen LogP contribution in [0.15, 0.2) is 18.2 Å². The van der Waals surface area contributed by atoms with Crippen LogP contribution in [-0.2, 0) is 0 Å². The molecule has 0 aliphatic heterocycles. The summed E-state index contributed by atoms with van der Waals surface area (Å²) in [5.41, 5.74) is -0.138. The number of benzene rings is 1. The van der Waals surface area contributed by atoms with Gasteiger partial charge in [-0.05, 0) is 50.8 Å². The number of hydrogen-bond acceptors (Lipinski definition) is 2. The fourth-order valence-corrected chi connectivity index (χ4v) is 3.00. The molecule has 1 fully saturated rings. The zero-order chi connectivity index (χ0) is 15.4. The summed E-state index contributed by atoms with van der Waals surface area (Å²) in [5.74, 6) is -1.53. The van der Waals surface area contributed by atoms with Crippen LogP contribution in [0.3, 0.4) is 0 Å². The van der Waals surface area contributed by atoms with E-state index in [4.69, 9.17) is 0 Å². The Morgan fingerprint density at radius 1 is 1.24 bits per heavy atom. The molecule has 2 nitrogen and oxygen atoms in total. The predicted octanol–water partition coefficient (Wildman–Crippen LogP) is 4.05. The van der Waals surface area contributed by atoms with Gasteiger partial charge in [0.25, 0.3) is 0 Å². The molecule has 0 atom stereocenters. The van der Waals surface area contributed by atoms with Gasteiger partial charge in [-0.25, -0.2) is 8.78 Å². The quantitative estimate of drug-likeness (QED) is 0.764. The molecule has 1 aromatic carbocycles. The lowest BCUT2D eigenvalue weighted by Gasteiger charge is -2.33. The van der Waals surface area contributed by atoms with Crippen LogP contribution in [0.2, 0.25) is 0 Å². The lowest BCUT2D eigenvalue weighted by atomic mass is 9.86. The van der Waals surface area contributed by atoms with Crippen LogP contribution in [0.1, 0.15) is 49.4 Å². The highest BCUT2D eigenvalue weighted by molar-refractivity contribution is 5.96. The minimum Gasteiger partial charge on any atom is -0.303 e. The number of rotatable bonds is 5. The Labute approximate surface area is 125 Å². The molecule has 1 aliphatic rings. The van der Waals surface area contributed by atoms with Crippen molar-refractivity contribution >= 4 is 5.78 Å². The molecule has 0 bridgehead atoms. The van der Waals surface area contributed by atoms with E-state index < -0.39 is 11.6 Å². The van der Waals surface area contributed by atoms with E-state index in [1.54, 1.807) is 0 Å². The van der Waals surface area contributed by atoms with Gasteiger partial charge in [0.05, 0.1) is 5.56 Å². The third-order valence-corrected chi connectivity index (χ3v) is 4.55. The molecular formula is C17H23F2NO. The van der Waals surface area contributed by atoms with Crippen molar-refractivity contribution < 1.29 is 13.6 Å². The van der Waals surface area contributed by atoms with E-state index >= 15 is 0 Å². The molecule has 1 aromatic rings. The van der Waals surface area contributed by atoms with Crippen molar-refractivity contribution in [3.05, 3.63) is 35.4 Å². The fraction of sp³-hybridized carbons (Fsp3) is 0.588. The van der Waals surface area contributed by atoms with Crippen LogP contribution < -0.4 is 0 Å². The van der Waals surface area contributed by atoms with Crippen LogP contribution in [0, 0.1) is 17.6 Å². The number of Topliss-reactive ketones (excluding diaryl/α,β-unsaturated/α-hetero) is 1. The Morgan fingerprint density at radius 2 is 1.90 bits per heavy atom. The summed E-state index contributed by atoms with van der Waals surface area (Å²) < 4.78 is 26.7. The molecule has 0 spiro atoms. The minimum atomic E-state index is -1.03. The molecule has 0 amide bonds. The summed E-state index contributed by atoms with van der Waals surface area (Å²) in [6, 6.07) is 4.26. The van der Waals surface area contributed by atoms with Crippen molar-refractivity contribution in [2.45, 2.75) is 45.1 Å². The highest BCUT2D eigenvalue weighted by Crippen LogP contribution is 2.26. The van der Waals surface area contributed by atoms with Gasteiger partial charge >= 0.3 is 0 Å². The lowest BCUT2D eigenvalue weighted by molar-refractivity contribution is 0.0942. The van der Waals surface area contributed by atoms with Crippen molar-refractivity contribution in [3.8, 4) is 0 Å². The summed E-state index contributed by atoms with van der Waals surface area (Å²) in [6.45, 7) is 2.86. The first-order valence-corrected chi connectivity index (χ1v) is 7.66. The second kappa shape index (κ2) is 7.12. The standard InChI is InChI=1S/C17H23F2NO/c1-12-6-8-13(9-7-12)20(2)11-10-16(21)14-4-3-5-15(18)17(14)19/h3-5,12-13H,6-11H2,1-2H3. The second-order valence-corrected chi connectivity index (χ2v) is 6.17. The van der Waals surface area contributed by atoms with E-state index in [0.717, 1.165) is 24.8 Å². The third-order valence-electron chi connectivity index (χ3n) is 4.55. The van der Waals surface area contributed by atoms with Crippen molar-refractivity contribution in [1.82, 2.24) is 4.90 Å². The SMILES string of the molecule is CC1CCC(N(C)CCC(=O)c2cccc(F)c2F)CC1. The van der Waals surface area contributed by atoms with Gasteiger partial charge in [-0.15, -0.1) is 0 Å². The Bertz CT molecular complexity index is 496. The van der Waals surface area contributed by atoms with Gasteiger partial charge in [0.1, 0.15) is 0 Å².